The molecule has 0 amide bonds. The van der Waals surface area contributed by atoms with E-state index in [1.165, 1.54) is 38.0 Å². The number of carboxylic acid groups (broad SMARTS) is 1. The Morgan fingerprint density at radius 3 is 2.19 bits per heavy atom. The third-order valence-corrected chi connectivity index (χ3v) is 7.72. The number of hydrogen-bond donors (Lipinski definition) is 1. The van der Waals surface area contributed by atoms with Crippen LogP contribution in [0.4, 0.5) is 0 Å². The molecule has 0 fully saturated rings. The van der Waals surface area contributed by atoms with E-state index >= 15 is 0 Å². The molecular weight excluding hydrogens is 611 g/mol. The summed E-state index contributed by atoms with van der Waals surface area (Å²) in [6, 6.07) is 5.38. The second-order valence-corrected chi connectivity index (χ2v) is 10.6. The molecule has 1 unspecified atom stereocenters. The van der Waals surface area contributed by atoms with Gasteiger partial charge in [0.25, 0.3) is 5.56 Å². The zero-order valence-electron chi connectivity index (χ0n) is 23.2. The zero-order valence-corrected chi connectivity index (χ0v) is 25.5. The molecule has 1 atom stereocenters. The Morgan fingerprint density at radius 2 is 1.67 bits per heavy atom. The van der Waals surface area contributed by atoms with Gasteiger partial charge in [-0.15, -0.1) is 0 Å². The summed E-state index contributed by atoms with van der Waals surface area (Å²) in [5.74, 6) is -0.785. The Balaban J connectivity index is 1.94. The fourth-order valence-electron chi connectivity index (χ4n) is 4.45. The summed E-state index contributed by atoms with van der Waals surface area (Å²) in [7, 11) is 4.41. The molecule has 0 saturated carbocycles. The number of carbonyl (C=O) groups excluding carboxylic acids is 1. The van der Waals surface area contributed by atoms with Crippen LogP contribution in [0.3, 0.4) is 0 Å². The van der Waals surface area contributed by atoms with Crippen LogP contribution in [0, 0.1) is 0 Å². The summed E-state index contributed by atoms with van der Waals surface area (Å²) in [6.45, 7) is 2.85. The number of aromatic nitrogens is 1. The second kappa shape index (κ2) is 12.9. The van der Waals surface area contributed by atoms with Gasteiger partial charge in [-0.3, -0.25) is 9.36 Å². The summed E-state index contributed by atoms with van der Waals surface area (Å²) in [5, 5.41) is 9.03. The smallest absolute Gasteiger partial charge is 0.341 e. The van der Waals surface area contributed by atoms with Gasteiger partial charge >= 0.3 is 11.9 Å². The van der Waals surface area contributed by atoms with Gasteiger partial charge in [0, 0.05) is 0 Å². The average molecular weight is 637 g/mol. The number of carbonyl (C=O) groups is 2. The van der Waals surface area contributed by atoms with Crippen LogP contribution < -0.4 is 33.8 Å². The van der Waals surface area contributed by atoms with Crippen molar-refractivity contribution in [1.82, 2.24) is 4.57 Å². The van der Waals surface area contributed by atoms with Gasteiger partial charge in [0.05, 0.1) is 59.8 Å². The van der Waals surface area contributed by atoms with Gasteiger partial charge in [0.1, 0.15) is 0 Å². The van der Waals surface area contributed by atoms with Crippen LogP contribution >= 0.6 is 34.5 Å². The quantitative estimate of drug-likeness (QED) is 0.331. The van der Waals surface area contributed by atoms with Gasteiger partial charge in [-0.25, -0.2) is 14.6 Å². The maximum Gasteiger partial charge on any atom is 0.341 e. The zero-order chi connectivity index (χ0) is 30.7. The van der Waals surface area contributed by atoms with E-state index in [1.807, 2.05) is 0 Å². The van der Waals surface area contributed by atoms with E-state index in [0.717, 1.165) is 11.3 Å². The van der Waals surface area contributed by atoms with Crippen molar-refractivity contribution >= 4 is 52.6 Å². The Labute approximate surface area is 253 Å². The third-order valence-electron chi connectivity index (χ3n) is 6.18. The van der Waals surface area contributed by atoms with E-state index < -0.39 is 30.1 Å². The normalized spacial score (nSPS) is 14.6. The number of allylic oxidation sites excluding steroid dienone is 1. The van der Waals surface area contributed by atoms with Crippen LogP contribution in [0.25, 0.3) is 6.08 Å². The van der Waals surface area contributed by atoms with Crippen LogP contribution in [-0.2, 0) is 14.3 Å². The van der Waals surface area contributed by atoms with Crippen LogP contribution in [0.2, 0.25) is 10.0 Å². The molecule has 14 heteroatoms. The molecule has 1 aliphatic heterocycles. The molecule has 0 saturated heterocycles. The summed E-state index contributed by atoms with van der Waals surface area (Å²) < 4.78 is 28.7. The van der Waals surface area contributed by atoms with Crippen molar-refractivity contribution in [2.75, 3.05) is 34.5 Å². The molecule has 0 aliphatic carbocycles. The molecule has 1 aromatic heterocycles. The van der Waals surface area contributed by atoms with Crippen LogP contribution in [-0.4, -0.2) is 56.2 Å². The topological polar surface area (TPSA) is 135 Å². The minimum Gasteiger partial charge on any atom is -0.493 e. The molecule has 0 bridgehead atoms. The van der Waals surface area contributed by atoms with Crippen molar-refractivity contribution in [2.24, 2.45) is 4.99 Å². The first-order valence-corrected chi connectivity index (χ1v) is 13.9. The lowest BCUT2D eigenvalue weighted by Gasteiger charge is -2.26. The Bertz CT molecular complexity index is 1730. The second-order valence-electron chi connectivity index (χ2n) is 8.76. The first-order chi connectivity index (χ1) is 20.0. The number of fused-ring (bicyclic) bond motifs is 1. The standard InChI is InChI=1S/C28H26Cl2N2O9S/c1-6-40-27(36)22-13(2)31-28-32(23(22)15-10-18(37-3)25(39-5)19(11-15)38-4)26(35)20(42-28)9-14-7-16(29)24(17(30)8-14)41-12-21(33)34/h7-11,23H,6,12H2,1-5H3,(H,33,34)/b20-9-. The molecule has 3 aromatic rings. The highest BCUT2D eigenvalue weighted by molar-refractivity contribution is 7.07. The van der Waals surface area contributed by atoms with Crippen LogP contribution in [0.5, 0.6) is 23.0 Å². The summed E-state index contributed by atoms with van der Waals surface area (Å²) in [4.78, 5) is 43.0. The van der Waals surface area contributed by atoms with Crippen LogP contribution in [0.1, 0.15) is 31.0 Å². The van der Waals surface area contributed by atoms with E-state index in [1.54, 1.807) is 32.1 Å². The number of esters is 1. The number of benzene rings is 2. The Hall–Kier alpha value is -4.00. The van der Waals surface area contributed by atoms with Crippen LogP contribution in [0.15, 0.2) is 45.3 Å². The molecular formula is C28H26Cl2N2O9S. The van der Waals surface area contributed by atoms with Gasteiger partial charge in [0.2, 0.25) is 5.75 Å². The number of carboxylic acids is 1. The molecule has 0 spiro atoms. The highest BCUT2D eigenvalue weighted by Gasteiger charge is 2.34. The number of nitrogens with zero attached hydrogens (tertiary/aromatic N) is 2. The monoisotopic (exact) mass is 636 g/mol. The van der Waals surface area contributed by atoms with Gasteiger partial charge in [-0.1, -0.05) is 34.5 Å². The number of aliphatic carboxylic acids is 1. The largest absolute Gasteiger partial charge is 0.493 e. The average Bonchev–Trinajstić information content (AvgIpc) is 3.24. The fraction of sp³-hybridized carbons (Fsp3) is 0.286. The third kappa shape index (κ3) is 5.96. The molecule has 11 nitrogen and oxygen atoms in total. The number of ether oxygens (including phenoxy) is 5. The van der Waals surface area contributed by atoms with Crippen molar-refractivity contribution in [3.05, 3.63) is 76.4 Å². The van der Waals surface area contributed by atoms with Gasteiger partial charge in [-0.2, -0.15) is 0 Å². The maximum absolute atomic E-state index is 13.9. The number of hydrogen-bond acceptors (Lipinski definition) is 10. The predicted octanol–water partition coefficient (Wildman–Crippen LogP) is 3.59. The molecule has 0 radical (unpaired) electrons. The highest BCUT2D eigenvalue weighted by Crippen LogP contribution is 2.42. The molecule has 222 valence electrons. The number of rotatable bonds is 10. The number of thiazole rings is 1. The van der Waals surface area contributed by atoms with Crippen molar-refractivity contribution in [1.29, 1.82) is 0 Å². The van der Waals surface area contributed by atoms with Crippen molar-refractivity contribution in [3.63, 3.8) is 0 Å². The molecule has 1 aliphatic rings. The lowest BCUT2D eigenvalue weighted by atomic mass is 9.95. The number of halogens is 2. The van der Waals surface area contributed by atoms with Crippen molar-refractivity contribution in [2.45, 2.75) is 19.9 Å². The first-order valence-electron chi connectivity index (χ1n) is 12.4. The van der Waals surface area contributed by atoms with E-state index in [4.69, 9.17) is 52.0 Å². The lowest BCUT2D eigenvalue weighted by molar-refractivity contribution is -0.140. The minimum atomic E-state index is -1.19. The van der Waals surface area contributed by atoms with E-state index in [2.05, 4.69) is 4.99 Å². The summed E-state index contributed by atoms with van der Waals surface area (Å²) >= 11 is 13.7. The fourth-order valence-corrected chi connectivity index (χ4v) is 6.11. The molecule has 2 heterocycles. The van der Waals surface area contributed by atoms with Crippen molar-refractivity contribution in [3.8, 4) is 23.0 Å². The highest BCUT2D eigenvalue weighted by atomic mass is 35.5. The lowest BCUT2D eigenvalue weighted by Crippen LogP contribution is -2.40. The molecule has 1 N–H and O–H groups in total. The summed E-state index contributed by atoms with van der Waals surface area (Å²) in [5.41, 5.74) is 1.08. The predicted molar refractivity (Wildman–Crippen MR) is 156 cm³/mol. The van der Waals surface area contributed by atoms with Gasteiger partial charge < -0.3 is 28.8 Å². The Kier molecular flexibility index (Phi) is 9.50. The maximum atomic E-state index is 13.9. The minimum absolute atomic E-state index is 0.0106. The summed E-state index contributed by atoms with van der Waals surface area (Å²) in [6.07, 6.45) is 1.57. The molecule has 42 heavy (non-hydrogen) atoms. The van der Waals surface area contributed by atoms with E-state index in [0.29, 0.717) is 38.9 Å². The molecule has 4 rings (SSSR count). The van der Waals surface area contributed by atoms with Gasteiger partial charge in [-0.05, 0) is 55.3 Å². The van der Waals surface area contributed by atoms with E-state index in [9.17, 15) is 14.4 Å². The SMILES string of the molecule is CCOC(=O)C1=C(C)N=c2s/c(=C\c3cc(Cl)c(OCC(=O)O)c(Cl)c3)c(=O)n2C1c1cc(OC)c(OC)c(OC)c1. The first kappa shape index (κ1) is 30.9. The molecule has 2 aromatic carbocycles. The Morgan fingerprint density at radius 1 is 1.05 bits per heavy atom. The van der Waals surface area contributed by atoms with Crippen molar-refractivity contribution < 1.29 is 38.4 Å². The van der Waals surface area contributed by atoms with E-state index in [-0.39, 0.29) is 32.5 Å². The number of methoxy groups -OCH3 is 3. The van der Waals surface area contributed by atoms with Gasteiger partial charge in [0.15, 0.2) is 28.7 Å².